The highest BCUT2D eigenvalue weighted by molar-refractivity contribution is 5.74. The molecule has 37 heavy (non-hydrogen) atoms. The molecule has 4 N–H and O–H groups in total. The molecule has 2 aliphatic rings. The molecule has 4 atom stereocenters. The van der Waals surface area contributed by atoms with Crippen molar-refractivity contribution >= 4 is 6.03 Å². The SMILES string of the molecule is CNC[C@@H](NC(=O)N1CCCC([C@@](O)(CCCCOC)c2cccc(F)c2F)C1)[C@@H](O)C1CCCCC1. The van der Waals surface area contributed by atoms with Crippen LogP contribution in [0.2, 0.25) is 0 Å². The van der Waals surface area contributed by atoms with Gasteiger partial charge in [-0.2, -0.15) is 0 Å². The number of benzene rings is 1. The minimum absolute atomic E-state index is 0.0574. The van der Waals surface area contributed by atoms with Gasteiger partial charge in [0.1, 0.15) is 0 Å². The van der Waals surface area contributed by atoms with Gasteiger partial charge in [-0.25, -0.2) is 13.6 Å². The first-order chi connectivity index (χ1) is 17.8. The van der Waals surface area contributed by atoms with Crippen LogP contribution in [0.5, 0.6) is 0 Å². The number of amides is 2. The largest absolute Gasteiger partial charge is 0.391 e. The van der Waals surface area contributed by atoms with Crippen LogP contribution in [0.25, 0.3) is 0 Å². The maximum absolute atomic E-state index is 14.9. The second kappa shape index (κ2) is 14.4. The summed E-state index contributed by atoms with van der Waals surface area (Å²) in [7, 11) is 3.39. The number of halogens is 2. The summed E-state index contributed by atoms with van der Waals surface area (Å²) >= 11 is 0. The molecule has 0 spiro atoms. The number of aliphatic hydroxyl groups is 2. The summed E-state index contributed by atoms with van der Waals surface area (Å²) in [6.45, 7) is 1.67. The van der Waals surface area contributed by atoms with Gasteiger partial charge in [0.25, 0.3) is 0 Å². The first-order valence-electron chi connectivity index (χ1n) is 13.9. The highest BCUT2D eigenvalue weighted by Gasteiger charge is 2.43. The Morgan fingerprint density at radius 2 is 1.95 bits per heavy atom. The first kappa shape index (κ1) is 29.7. The number of hydrogen-bond donors (Lipinski definition) is 4. The summed E-state index contributed by atoms with van der Waals surface area (Å²) in [5, 5.41) is 29.0. The number of nitrogens with zero attached hydrogens (tertiary/aromatic N) is 1. The van der Waals surface area contributed by atoms with Crippen LogP contribution < -0.4 is 10.6 Å². The van der Waals surface area contributed by atoms with E-state index in [1.54, 1.807) is 19.1 Å². The summed E-state index contributed by atoms with van der Waals surface area (Å²) in [5.41, 5.74) is -1.68. The quantitative estimate of drug-likeness (QED) is 0.311. The molecule has 1 aliphatic carbocycles. The summed E-state index contributed by atoms with van der Waals surface area (Å²) < 4.78 is 34.2. The van der Waals surface area contributed by atoms with Gasteiger partial charge >= 0.3 is 6.03 Å². The van der Waals surface area contributed by atoms with Crippen molar-refractivity contribution in [3.8, 4) is 0 Å². The maximum Gasteiger partial charge on any atom is 0.317 e. The lowest BCUT2D eigenvalue weighted by Gasteiger charge is -2.43. The van der Waals surface area contributed by atoms with E-state index >= 15 is 0 Å². The Bertz CT molecular complexity index is 855. The molecule has 1 heterocycles. The number of methoxy groups -OCH3 is 1. The molecule has 3 rings (SSSR count). The Hall–Kier alpha value is -1.81. The number of ether oxygens (including phenoxy) is 1. The number of nitrogens with one attached hydrogen (secondary N) is 2. The number of unbranched alkanes of at least 4 members (excludes halogenated alkanes) is 1. The van der Waals surface area contributed by atoms with E-state index in [4.69, 9.17) is 4.74 Å². The number of carbonyl (C=O) groups is 1. The van der Waals surface area contributed by atoms with Gasteiger partial charge in [-0.15, -0.1) is 0 Å². The standard InChI is InChI=1S/C28H45F2N3O4/c1-31-18-24(26(34)20-10-4-3-5-11-20)32-27(35)33-16-9-12-21(19-33)28(36,15-6-7-17-37-2)22-13-8-14-23(29)25(22)30/h8,13-14,20-21,24,26,31,34,36H,3-7,9-12,15-19H2,1-2H3,(H,32,35)/t21?,24-,26+,28+/m1/s1. The third kappa shape index (κ3) is 7.62. The Balaban J connectivity index is 1.75. The normalized spacial score (nSPS) is 22.3. The molecule has 9 heteroatoms. The number of hydrogen-bond acceptors (Lipinski definition) is 5. The van der Waals surface area contributed by atoms with E-state index in [0.717, 1.165) is 31.7 Å². The minimum Gasteiger partial charge on any atom is -0.391 e. The number of likely N-dealkylation sites (tertiary alicyclic amines) is 1. The topological polar surface area (TPSA) is 94.1 Å². The third-order valence-electron chi connectivity index (χ3n) is 8.24. The van der Waals surface area contributed by atoms with Crippen LogP contribution in [-0.2, 0) is 10.3 Å². The van der Waals surface area contributed by atoms with E-state index in [1.807, 2.05) is 0 Å². The van der Waals surface area contributed by atoms with Crippen LogP contribution in [0.4, 0.5) is 13.6 Å². The number of urea groups is 1. The molecule has 1 unspecified atom stereocenters. The van der Waals surface area contributed by atoms with Crippen molar-refractivity contribution in [3.05, 3.63) is 35.4 Å². The van der Waals surface area contributed by atoms with Gasteiger partial charge in [0.15, 0.2) is 11.6 Å². The van der Waals surface area contributed by atoms with Gasteiger partial charge in [0, 0.05) is 44.8 Å². The third-order valence-corrected chi connectivity index (χ3v) is 8.24. The molecule has 1 saturated heterocycles. The molecule has 1 aromatic carbocycles. The van der Waals surface area contributed by atoms with Gasteiger partial charge in [0.05, 0.1) is 17.7 Å². The molecule has 2 amide bonds. The molecule has 1 aliphatic heterocycles. The average Bonchev–Trinajstić information content (AvgIpc) is 2.92. The van der Waals surface area contributed by atoms with Crippen LogP contribution in [0.15, 0.2) is 18.2 Å². The van der Waals surface area contributed by atoms with Crippen molar-refractivity contribution in [2.24, 2.45) is 11.8 Å². The maximum atomic E-state index is 14.9. The fourth-order valence-corrected chi connectivity index (χ4v) is 6.12. The van der Waals surface area contributed by atoms with E-state index < -0.39 is 35.3 Å². The zero-order valence-electron chi connectivity index (χ0n) is 22.4. The Labute approximate surface area is 220 Å². The van der Waals surface area contributed by atoms with Crippen molar-refractivity contribution in [3.63, 3.8) is 0 Å². The van der Waals surface area contributed by atoms with E-state index in [9.17, 15) is 23.8 Å². The van der Waals surface area contributed by atoms with Crippen LogP contribution in [0.3, 0.4) is 0 Å². The second-order valence-electron chi connectivity index (χ2n) is 10.8. The van der Waals surface area contributed by atoms with Crippen molar-refractivity contribution in [2.75, 3.05) is 40.4 Å². The smallest absolute Gasteiger partial charge is 0.317 e. The Morgan fingerprint density at radius 1 is 1.19 bits per heavy atom. The molecule has 0 aromatic heterocycles. The molecule has 1 saturated carbocycles. The van der Waals surface area contributed by atoms with E-state index in [1.165, 1.54) is 18.6 Å². The van der Waals surface area contributed by atoms with Crippen LogP contribution in [0.1, 0.15) is 69.8 Å². The highest BCUT2D eigenvalue weighted by Crippen LogP contribution is 2.41. The van der Waals surface area contributed by atoms with Crippen LogP contribution >= 0.6 is 0 Å². The van der Waals surface area contributed by atoms with E-state index in [-0.39, 0.29) is 30.5 Å². The zero-order valence-corrected chi connectivity index (χ0v) is 22.4. The summed E-state index contributed by atoms with van der Waals surface area (Å²) in [6.07, 6.45) is 7.35. The molecule has 7 nitrogen and oxygen atoms in total. The van der Waals surface area contributed by atoms with Gasteiger partial charge in [0.2, 0.25) is 0 Å². The van der Waals surface area contributed by atoms with Crippen molar-refractivity contribution < 1.29 is 28.5 Å². The lowest BCUT2D eigenvalue weighted by Crippen LogP contribution is -2.57. The van der Waals surface area contributed by atoms with Crippen molar-refractivity contribution in [1.82, 2.24) is 15.5 Å². The van der Waals surface area contributed by atoms with E-state index in [0.29, 0.717) is 45.4 Å². The number of likely N-dealkylation sites (N-methyl/N-ethyl adjacent to an activating group) is 1. The molecule has 1 aromatic rings. The first-order valence-corrected chi connectivity index (χ1v) is 13.9. The monoisotopic (exact) mass is 525 g/mol. The summed E-state index contributed by atoms with van der Waals surface area (Å²) in [4.78, 5) is 15.0. The molecule has 210 valence electrons. The Kier molecular flexibility index (Phi) is 11.6. The fourth-order valence-electron chi connectivity index (χ4n) is 6.12. The summed E-state index contributed by atoms with van der Waals surface area (Å²) in [5.74, 6) is -2.33. The summed E-state index contributed by atoms with van der Waals surface area (Å²) in [6, 6.07) is 3.16. The van der Waals surface area contributed by atoms with Crippen molar-refractivity contribution in [2.45, 2.75) is 82.0 Å². The lowest BCUT2D eigenvalue weighted by molar-refractivity contribution is -0.0594. The fraction of sp³-hybridized carbons (Fsp3) is 0.750. The number of piperidine rings is 1. The zero-order chi connectivity index (χ0) is 26.8. The number of rotatable bonds is 12. The minimum atomic E-state index is -1.62. The second-order valence-corrected chi connectivity index (χ2v) is 10.8. The van der Waals surface area contributed by atoms with Gasteiger partial charge in [-0.1, -0.05) is 31.4 Å². The predicted molar refractivity (Wildman–Crippen MR) is 139 cm³/mol. The number of carbonyl (C=O) groups excluding carboxylic acids is 1. The van der Waals surface area contributed by atoms with Crippen molar-refractivity contribution in [1.29, 1.82) is 0 Å². The predicted octanol–water partition coefficient (Wildman–Crippen LogP) is 3.92. The van der Waals surface area contributed by atoms with E-state index in [2.05, 4.69) is 10.6 Å². The van der Waals surface area contributed by atoms with Crippen LogP contribution in [-0.4, -0.2) is 73.7 Å². The molecular weight excluding hydrogens is 480 g/mol. The number of aliphatic hydroxyl groups excluding tert-OH is 1. The molecule has 2 fully saturated rings. The van der Waals surface area contributed by atoms with Gasteiger partial charge in [-0.3, -0.25) is 0 Å². The Morgan fingerprint density at radius 3 is 2.65 bits per heavy atom. The van der Waals surface area contributed by atoms with Gasteiger partial charge in [-0.05, 0) is 64.0 Å². The molecule has 0 radical (unpaired) electrons. The molecule has 0 bridgehead atoms. The molecular formula is C28H45F2N3O4. The highest BCUT2D eigenvalue weighted by atomic mass is 19.2. The average molecular weight is 526 g/mol. The lowest BCUT2D eigenvalue weighted by atomic mass is 9.74. The van der Waals surface area contributed by atoms with Crippen LogP contribution in [0, 0.1) is 23.5 Å². The van der Waals surface area contributed by atoms with Gasteiger partial charge < -0.3 is 30.5 Å².